The number of carboxylic acids is 1. The summed E-state index contributed by atoms with van der Waals surface area (Å²) in [5, 5.41) is 22.7. The zero-order valence-electron chi connectivity index (χ0n) is 16.2. The van der Waals surface area contributed by atoms with Crippen molar-refractivity contribution < 1.29 is 24.4 Å². The Balaban J connectivity index is 1.93. The molecule has 0 saturated heterocycles. The smallest absolute Gasteiger partial charge is 0.335 e. The van der Waals surface area contributed by atoms with Crippen molar-refractivity contribution >= 4 is 40.7 Å². The number of carbonyl (C=O) groups excluding carboxylic acids is 1. The summed E-state index contributed by atoms with van der Waals surface area (Å²) in [5.41, 5.74) is 6.59. The zero-order chi connectivity index (χ0) is 22.5. The van der Waals surface area contributed by atoms with E-state index in [1.807, 2.05) is 0 Å². The molecule has 0 atom stereocenters. The molecule has 0 bridgehead atoms. The van der Waals surface area contributed by atoms with Crippen LogP contribution in [0.25, 0.3) is 0 Å². The number of aromatic carboxylic acids is 1. The number of amides is 1. The van der Waals surface area contributed by atoms with Gasteiger partial charge in [0, 0.05) is 27.6 Å². The largest absolute Gasteiger partial charge is 0.495 e. The number of anilines is 2. The van der Waals surface area contributed by atoms with Gasteiger partial charge in [-0.25, -0.2) is 4.79 Å². The summed E-state index contributed by atoms with van der Waals surface area (Å²) in [4.78, 5) is 35.9. The highest BCUT2D eigenvalue weighted by molar-refractivity contribution is 7.99. The second kappa shape index (κ2) is 9.18. The lowest BCUT2D eigenvalue weighted by Crippen LogP contribution is -2.16. The standard InChI is InChI=1S/C21H17N3O6S/c1-30-17-10-5-12(21(26)27)11-16(17)23-20(25)19-15(22)3-2-4-18(19)31-14-8-6-13(7-9-14)24(28)29/h2-11H,22H2,1H3,(H,23,25)(H,26,27). The van der Waals surface area contributed by atoms with Crippen molar-refractivity contribution in [2.24, 2.45) is 0 Å². The van der Waals surface area contributed by atoms with Gasteiger partial charge in [-0.05, 0) is 42.5 Å². The number of rotatable bonds is 7. The number of nitrogen functional groups attached to an aromatic ring is 1. The van der Waals surface area contributed by atoms with E-state index < -0.39 is 16.8 Å². The number of nitrogens with zero attached hydrogens (tertiary/aromatic N) is 1. The molecule has 0 heterocycles. The van der Waals surface area contributed by atoms with Gasteiger partial charge in [-0.1, -0.05) is 17.8 Å². The summed E-state index contributed by atoms with van der Waals surface area (Å²) >= 11 is 1.22. The molecule has 1 amide bonds. The molecule has 0 aliphatic heterocycles. The first-order valence-electron chi connectivity index (χ1n) is 8.83. The molecule has 9 nitrogen and oxygen atoms in total. The first-order valence-corrected chi connectivity index (χ1v) is 9.65. The van der Waals surface area contributed by atoms with Gasteiger partial charge in [0.25, 0.3) is 11.6 Å². The molecule has 0 spiro atoms. The van der Waals surface area contributed by atoms with E-state index in [4.69, 9.17) is 10.5 Å². The maximum Gasteiger partial charge on any atom is 0.335 e. The highest BCUT2D eigenvalue weighted by Crippen LogP contribution is 2.35. The Kier molecular flexibility index (Phi) is 6.41. The van der Waals surface area contributed by atoms with Gasteiger partial charge in [0.1, 0.15) is 5.75 Å². The number of methoxy groups -OCH3 is 1. The van der Waals surface area contributed by atoms with Crippen molar-refractivity contribution in [3.8, 4) is 5.75 Å². The highest BCUT2D eigenvalue weighted by atomic mass is 32.2. The number of carboxylic acid groups (broad SMARTS) is 1. The summed E-state index contributed by atoms with van der Waals surface area (Å²) in [6.45, 7) is 0. The molecule has 0 fully saturated rings. The summed E-state index contributed by atoms with van der Waals surface area (Å²) < 4.78 is 5.20. The lowest BCUT2D eigenvalue weighted by Gasteiger charge is -2.14. The fourth-order valence-electron chi connectivity index (χ4n) is 2.76. The first-order chi connectivity index (χ1) is 14.8. The minimum Gasteiger partial charge on any atom is -0.495 e. The lowest BCUT2D eigenvalue weighted by molar-refractivity contribution is -0.384. The third kappa shape index (κ3) is 4.93. The molecule has 31 heavy (non-hydrogen) atoms. The van der Waals surface area contributed by atoms with Crippen LogP contribution in [0.15, 0.2) is 70.5 Å². The van der Waals surface area contributed by atoms with Gasteiger partial charge in [0.2, 0.25) is 0 Å². The van der Waals surface area contributed by atoms with E-state index in [1.54, 1.807) is 30.3 Å². The molecule has 0 saturated carbocycles. The van der Waals surface area contributed by atoms with Crippen molar-refractivity contribution in [1.82, 2.24) is 0 Å². The maximum atomic E-state index is 13.0. The summed E-state index contributed by atoms with van der Waals surface area (Å²) in [6.07, 6.45) is 0. The molecule has 0 radical (unpaired) electrons. The van der Waals surface area contributed by atoms with Crippen molar-refractivity contribution in [2.75, 3.05) is 18.2 Å². The highest BCUT2D eigenvalue weighted by Gasteiger charge is 2.19. The van der Waals surface area contributed by atoms with Gasteiger partial charge in [-0.15, -0.1) is 0 Å². The molecule has 0 aliphatic rings. The minimum atomic E-state index is -1.15. The summed E-state index contributed by atoms with van der Waals surface area (Å²) in [6, 6.07) is 15.0. The van der Waals surface area contributed by atoms with Crippen LogP contribution in [-0.4, -0.2) is 29.0 Å². The van der Waals surface area contributed by atoms with E-state index >= 15 is 0 Å². The average Bonchev–Trinajstić information content (AvgIpc) is 2.74. The molecule has 10 heteroatoms. The number of hydrogen-bond acceptors (Lipinski definition) is 7. The van der Waals surface area contributed by atoms with E-state index in [1.165, 1.54) is 49.2 Å². The zero-order valence-corrected chi connectivity index (χ0v) is 17.0. The number of nitrogens with one attached hydrogen (secondary N) is 1. The molecule has 158 valence electrons. The first kappa shape index (κ1) is 21.7. The second-order valence-electron chi connectivity index (χ2n) is 6.25. The Hall–Kier alpha value is -4.05. The predicted octanol–water partition coefficient (Wildman–Crippen LogP) is 4.29. The molecular weight excluding hydrogens is 422 g/mol. The fraction of sp³-hybridized carbons (Fsp3) is 0.0476. The average molecular weight is 439 g/mol. The quantitative estimate of drug-likeness (QED) is 0.281. The van der Waals surface area contributed by atoms with Crippen LogP contribution in [0, 0.1) is 10.1 Å². The SMILES string of the molecule is COc1ccc(C(=O)O)cc1NC(=O)c1c(N)cccc1Sc1ccc([N+](=O)[O-])cc1. The van der Waals surface area contributed by atoms with Gasteiger partial charge in [-0.2, -0.15) is 0 Å². The van der Waals surface area contributed by atoms with E-state index in [9.17, 15) is 24.8 Å². The van der Waals surface area contributed by atoms with Gasteiger partial charge < -0.3 is 20.9 Å². The minimum absolute atomic E-state index is 0.0161. The molecular formula is C21H17N3O6S. The van der Waals surface area contributed by atoms with Crippen molar-refractivity contribution in [3.63, 3.8) is 0 Å². The molecule has 0 aliphatic carbocycles. The Morgan fingerprint density at radius 2 is 1.84 bits per heavy atom. The number of non-ortho nitro benzene ring substituents is 1. The van der Waals surface area contributed by atoms with Crippen LogP contribution >= 0.6 is 11.8 Å². The van der Waals surface area contributed by atoms with Gasteiger partial charge in [0.15, 0.2) is 0 Å². The monoisotopic (exact) mass is 439 g/mol. The number of benzene rings is 3. The molecule has 3 rings (SSSR count). The number of ether oxygens (including phenoxy) is 1. The summed E-state index contributed by atoms with van der Waals surface area (Å²) in [5.74, 6) is -1.41. The van der Waals surface area contributed by atoms with Crippen LogP contribution < -0.4 is 15.8 Å². The maximum absolute atomic E-state index is 13.0. The molecule has 3 aromatic carbocycles. The van der Waals surface area contributed by atoms with Gasteiger partial charge >= 0.3 is 5.97 Å². The van der Waals surface area contributed by atoms with Crippen molar-refractivity contribution in [2.45, 2.75) is 9.79 Å². The normalized spacial score (nSPS) is 10.4. The van der Waals surface area contributed by atoms with Gasteiger partial charge in [-0.3, -0.25) is 14.9 Å². The van der Waals surface area contributed by atoms with E-state index in [-0.39, 0.29) is 33.9 Å². The Bertz CT molecular complexity index is 1160. The predicted molar refractivity (Wildman–Crippen MR) is 116 cm³/mol. The number of hydrogen-bond donors (Lipinski definition) is 3. The number of nitro benzene ring substituents is 1. The number of carbonyl (C=O) groups is 2. The van der Waals surface area contributed by atoms with E-state index in [0.29, 0.717) is 9.79 Å². The van der Waals surface area contributed by atoms with Gasteiger partial charge in [0.05, 0.1) is 28.8 Å². The number of nitro groups is 1. The summed E-state index contributed by atoms with van der Waals surface area (Å²) in [7, 11) is 1.40. The van der Waals surface area contributed by atoms with Crippen LogP contribution in [0.4, 0.5) is 17.1 Å². The van der Waals surface area contributed by atoms with E-state index in [0.717, 1.165) is 0 Å². The number of nitrogens with two attached hydrogens (primary N) is 1. The van der Waals surface area contributed by atoms with Crippen LogP contribution in [0.3, 0.4) is 0 Å². The van der Waals surface area contributed by atoms with Crippen LogP contribution in [0.1, 0.15) is 20.7 Å². The van der Waals surface area contributed by atoms with Crippen LogP contribution in [0.5, 0.6) is 5.75 Å². The van der Waals surface area contributed by atoms with Crippen molar-refractivity contribution in [1.29, 1.82) is 0 Å². The Labute approximate surface area is 181 Å². The lowest BCUT2D eigenvalue weighted by atomic mass is 10.1. The van der Waals surface area contributed by atoms with Crippen LogP contribution in [-0.2, 0) is 0 Å². The topological polar surface area (TPSA) is 145 Å². The molecule has 0 aromatic heterocycles. The Morgan fingerprint density at radius 1 is 1.13 bits per heavy atom. The molecule has 3 aromatic rings. The molecule has 4 N–H and O–H groups in total. The fourth-order valence-corrected chi connectivity index (χ4v) is 3.75. The van der Waals surface area contributed by atoms with Crippen LogP contribution in [0.2, 0.25) is 0 Å². The third-order valence-corrected chi connectivity index (χ3v) is 5.32. The third-order valence-electron chi connectivity index (χ3n) is 4.26. The second-order valence-corrected chi connectivity index (χ2v) is 7.36. The van der Waals surface area contributed by atoms with Crippen molar-refractivity contribution in [3.05, 3.63) is 81.9 Å². The Morgan fingerprint density at radius 3 is 2.45 bits per heavy atom. The molecule has 0 unspecified atom stereocenters. The van der Waals surface area contributed by atoms with E-state index in [2.05, 4.69) is 5.32 Å².